The van der Waals surface area contributed by atoms with Gasteiger partial charge in [-0.3, -0.25) is 0 Å². The molecule has 0 saturated heterocycles. The molecule has 2 nitrogen and oxygen atoms in total. The molecule has 2 unspecified atom stereocenters. The maximum atomic E-state index is 3.69. The van der Waals surface area contributed by atoms with E-state index in [1.165, 1.54) is 32.4 Å². The Morgan fingerprint density at radius 2 is 1.88 bits per heavy atom. The molecule has 1 saturated carbocycles. The average Bonchev–Trinajstić information content (AvgIpc) is 3.09. The van der Waals surface area contributed by atoms with Crippen LogP contribution in [-0.4, -0.2) is 37.1 Å². The lowest BCUT2D eigenvalue weighted by Crippen LogP contribution is -2.45. The average molecular weight is 240 g/mol. The highest BCUT2D eigenvalue weighted by Gasteiger charge is 2.29. The molecule has 0 radical (unpaired) electrons. The van der Waals surface area contributed by atoms with E-state index in [2.05, 4.69) is 51.9 Å². The molecule has 0 aromatic rings. The van der Waals surface area contributed by atoms with Crippen LogP contribution in [0.15, 0.2) is 0 Å². The zero-order valence-corrected chi connectivity index (χ0v) is 12.7. The fraction of sp³-hybridized carbons (Fsp3) is 1.00. The minimum Gasteiger partial charge on any atom is -0.313 e. The van der Waals surface area contributed by atoms with Gasteiger partial charge in [0.05, 0.1) is 0 Å². The van der Waals surface area contributed by atoms with Crippen LogP contribution in [0.5, 0.6) is 0 Å². The Bertz CT molecular complexity index is 223. The van der Waals surface area contributed by atoms with Gasteiger partial charge in [0.15, 0.2) is 0 Å². The summed E-state index contributed by atoms with van der Waals surface area (Å²) in [6.07, 6.45) is 4.03. The van der Waals surface area contributed by atoms with Crippen molar-refractivity contribution >= 4 is 0 Å². The highest BCUT2D eigenvalue weighted by molar-refractivity contribution is 4.87. The molecule has 0 bridgehead atoms. The van der Waals surface area contributed by atoms with Gasteiger partial charge in [-0.25, -0.2) is 0 Å². The fourth-order valence-corrected chi connectivity index (χ4v) is 2.23. The molecule has 0 aromatic carbocycles. The molecule has 0 amide bonds. The van der Waals surface area contributed by atoms with Gasteiger partial charge in [-0.15, -0.1) is 0 Å². The van der Waals surface area contributed by atoms with Crippen molar-refractivity contribution in [1.29, 1.82) is 0 Å². The van der Waals surface area contributed by atoms with E-state index in [0.29, 0.717) is 11.5 Å². The smallest absolute Gasteiger partial charge is 0.00871 e. The van der Waals surface area contributed by atoms with Gasteiger partial charge in [-0.1, -0.05) is 27.7 Å². The van der Waals surface area contributed by atoms with Crippen LogP contribution in [0, 0.1) is 11.3 Å². The van der Waals surface area contributed by atoms with Gasteiger partial charge in [0.1, 0.15) is 0 Å². The lowest BCUT2D eigenvalue weighted by atomic mass is 9.86. The summed E-state index contributed by atoms with van der Waals surface area (Å²) in [5, 5.41) is 3.69. The molecule has 1 aliphatic carbocycles. The maximum absolute atomic E-state index is 3.69. The second-order valence-corrected chi connectivity index (χ2v) is 6.72. The minimum absolute atomic E-state index is 0.417. The second-order valence-electron chi connectivity index (χ2n) is 6.72. The lowest BCUT2D eigenvalue weighted by Gasteiger charge is -2.37. The molecule has 0 spiro atoms. The van der Waals surface area contributed by atoms with Crippen molar-refractivity contribution in [2.75, 3.05) is 20.1 Å². The van der Waals surface area contributed by atoms with E-state index in [4.69, 9.17) is 0 Å². The van der Waals surface area contributed by atoms with Crippen molar-refractivity contribution in [2.24, 2.45) is 11.3 Å². The number of hydrogen-bond donors (Lipinski definition) is 1. The van der Waals surface area contributed by atoms with Gasteiger partial charge in [-0.05, 0) is 44.6 Å². The number of nitrogens with one attached hydrogen (secondary N) is 1. The van der Waals surface area contributed by atoms with Crippen LogP contribution in [0.4, 0.5) is 0 Å². The van der Waals surface area contributed by atoms with Crippen LogP contribution in [0.2, 0.25) is 0 Å². The first-order chi connectivity index (χ1) is 7.88. The summed E-state index contributed by atoms with van der Waals surface area (Å²) < 4.78 is 0. The molecule has 0 aromatic heterocycles. The molecule has 0 heterocycles. The van der Waals surface area contributed by atoms with E-state index < -0.39 is 0 Å². The van der Waals surface area contributed by atoms with Crippen LogP contribution >= 0.6 is 0 Å². The molecular formula is C15H32N2. The van der Waals surface area contributed by atoms with Crippen LogP contribution in [0.1, 0.15) is 53.9 Å². The topological polar surface area (TPSA) is 15.3 Å². The van der Waals surface area contributed by atoms with Crippen molar-refractivity contribution < 1.29 is 0 Å². The van der Waals surface area contributed by atoms with E-state index in [1.54, 1.807) is 0 Å². The minimum atomic E-state index is 0.417. The van der Waals surface area contributed by atoms with E-state index in [1.807, 2.05) is 0 Å². The monoisotopic (exact) mass is 240 g/mol. The normalized spacial score (nSPS) is 21.9. The molecular weight excluding hydrogens is 208 g/mol. The molecule has 1 rings (SSSR count). The third-order valence-corrected chi connectivity index (χ3v) is 4.54. The summed E-state index contributed by atoms with van der Waals surface area (Å²) in [6, 6.07) is 1.50. The van der Waals surface area contributed by atoms with E-state index >= 15 is 0 Å². The SMILES string of the molecule is CCC(C)(CNC1CC1)CN(C)C(C)C(C)C. The summed E-state index contributed by atoms with van der Waals surface area (Å²) in [5.41, 5.74) is 0.417. The fourth-order valence-electron chi connectivity index (χ4n) is 2.23. The standard InChI is InChI=1S/C15H32N2/c1-7-15(5,10-16-14-8-9-14)11-17(6)13(4)12(2)3/h12-14,16H,7-11H2,1-6H3. The van der Waals surface area contributed by atoms with Crippen LogP contribution in [0.25, 0.3) is 0 Å². The quantitative estimate of drug-likeness (QED) is 0.701. The molecule has 1 N–H and O–H groups in total. The molecule has 0 aliphatic heterocycles. The molecule has 2 atom stereocenters. The third-order valence-electron chi connectivity index (χ3n) is 4.54. The molecule has 2 heteroatoms. The van der Waals surface area contributed by atoms with Gasteiger partial charge in [0.2, 0.25) is 0 Å². The highest BCUT2D eigenvalue weighted by Crippen LogP contribution is 2.26. The third kappa shape index (κ3) is 4.97. The zero-order valence-electron chi connectivity index (χ0n) is 12.7. The molecule has 17 heavy (non-hydrogen) atoms. The Morgan fingerprint density at radius 1 is 1.29 bits per heavy atom. The number of rotatable bonds is 8. The van der Waals surface area contributed by atoms with Crippen LogP contribution < -0.4 is 5.32 Å². The lowest BCUT2D eigenvalue weighted by molar-refractivity contribution is 0.124. The Hall–Kier alpha value is -0.0800. The van der Waals surface area contributed by atoms with Crippen molar-refractivity contribution in [1.82, 2.24) is 10.2 Å². The van der Waals surface area contributed by atoms with Gasteiger partial charge in [0, 0.05) is 25.2 Å². The van der Waals surface area contributed by atoms with E-state index in [9.17, 15) is 0 Å². The first-order valence-corrected chi connectivity index (χ1v) is 7.31. The Kier molecular flexibility index (Phi) is 5.46. The van der Waals surface area contributed by atoms with E-state index in [-0.39, 0.29) is 0 Å². The number of hydrogen-bond acceptors (Lipinski definition) is 2. The highest BCUT2D eigenvalue weighted by atomic mass is 15.1. The van der Waals surface area contributed by atoms with Gasteiger partial charge < -0.3 is 10.2 Å². The van der Waals surface area contributed by atoms with Gasteiger partial charge in [0.25, 0.3) is 0 Å². The van der Waals surface area contributed by atoms with Crippen LogP contribution in [-0.2, 0) is 0 Å². The summed E-state index contributed by atoms with van der Waals surface area (Å²) >= 11 is 0. The van der Waals surface area contributed by atoms with Crippen LogP contribution in [0.3, 0.4) is 0 Å². The van der Waals surface area contributed by atoms with E-state index in [0.717, 1.165) is 12.0 Å². The maximum Gasteiger partial charge on any atom is 0.00871 e. The summed E-state index contributed by atoms with van der Waals surface area (Å²) in [7, 11) is 2.27. The number of nitrogens with zero attached hydrogens (tertiary/aromatic N) is 1. The molecule has 1 fully saturated rings. The van der Waals surface area contributed by atoms with Crippen molar-refractivity contribution in [3.05, 3.63) is 0 Å². The Labute approximate surface area is 108 Å². The molecule has 102 valence electrons. The first kappa shape index (κ1) is 15.0. The largest absolute Gasteiger partial charge is 0.313 e. The van der Waals surface area contributed by atoms with Gasteiger partial charge >= 0.3 is 0 Å². The Balaban J connectivity index is 2.41. The second kappa shape index (κ2) is 6.19. The predicted octanol–water partition coefficient (Wildman–Crippen LogP) is 3.13. The zero-order chi connectivity index (χ0) is 13.1. The van der Waals surface area contributed by atoms with Gasteiger partial charge in [-0.2, -0.15) is 0 Å². The Morgan fingerprint density at radius 3 is 2.29 bits per heavy atom. The summed E-state index contributed by atoms with van der Waals surface area (Å²) in [4.78, 5) is 2.53. The van der Waals surface area contributed by atoms with Crippen molar-refractivity contribution in [3.63, 3.8) is 0 Å². The predicted molar refractivity (Wildman–Crippen MR) is 76.4 cm³/mol. The summed E-state index contributed by atoms with van der Waals surface area (Å²) in [6.45, 7) is 14.1. The summed E-state index contributed by atoms with van der Waals surface area (Å²) in [5.74, 6) is 0.734. The van der Waals surface area contributed by atoms with Crippen molar-refractivity contribution in [2.45, 2.75) is 66.0 Å². The van der Waals surface area contributed by atoms with Crippen molar-refractivity contribution in [3.8, 4) is 0 Å². The molecule has 1 aliphatic rings. The first-order valence-electron chi connectivity index (χ1n) is 7.31.